The van der Waals surface area contributed by atoms with E-state index in [-0.39, 0.29) is 24.6 Å². The van der Waals surface area contributed by atoms with Crippen molar-refractivity contribution >= 4 is 0 Å². The lowest BCUT2D eigenvalue weighted by atomic mass is 10.00. The Morgan fingerprint density at radius 1 is 1.26 bits per heavy atom. The number of nitrogens with one attached hydrogen (secondary N) is 1. The van der Waals surface area contributed by atoms with Gasteiger partial charge in [-0.15, -0.1) is 0 Å². The van der Waals surface area contributed by atoms with Crippen LogP contribution in [0.2, 0.25) is 0 Å². The molecule has 1 aromatic carbocycles. The van der Waals surface area contributed by atoms with Gasteiger partial charge in [-0.25, -0.2) is 0 Å². The molecular formula is C15H26N2O2. The Labute approximate surface area is 116 Å². The van der Waals surface area contributed by atoms with Crippen molar-refractivity contribution in [3.05, 3.63) is 35.4 Å². The number of hydrogen-bond donors (Lipinski definition) is 3. The van der Waals surface area contributed by atoms with Crippen LogP contribution in [0.5, 0.6) is 0 Å². The summed E-state index contributed by atoms with van der Waals surface area (Å²) in [6.45, 7) is 5.43. The van der Waals surface area contributed by atoms with Gasteiger partial charge in [0.2, 0.25) is 0 Å². The zero-order chi connectivity index (χ0) is 14.3. The van der Waals surface area contributed by atoms with Crippen LogP contribution in [-0.4, -0.2) is 31.4 Å². The second-order valence-electron chi connectivity index (χ2n) is 5.08. The van der Waals surface area contributed by atoms with E-state index in [0.717, 1.165) is 5.56 Å². The number of ether oxygens (including phenoxy) is 1. The summed E-state index contributed by atoms with van der Waals surface area (Å²) in [6, 6.07) is 8.61. The molecule has 1 aromatic rings. The van der Waals surface area contributed by atoms with Crippen LogP contribution >= 0.6 is 0 Å². The van der Waals surface area contributed by atoms with E-state index in [4.69, 9.17) is 10.5 Å². The van der Waals surface area contributed by atoms with Gasteiger partial charge >= 0.3 is 0 Å². The number of benzene rings is 1. The maximum Gasteiger partial charge on any atom is 0.0713 e. The summed E-state index contributed by atoms with van der Waals surface area (Å²) in [5, 5.41) is 12.6. The van der Waals surface area contributed by atoms with Crippen molar-refractivity contribution in [3.63, 3.8) is 0 Å². The Kier molecular flexibility index (Phi) is 7.02. The zero-order valence-corrected chi connectivity index (χ0v) is 12.1. The lowest BCUT2D eigenvalue weighted by Gasteiger charge is -2.26. The fourth-order valence-corrected chi connectivity index (χ4v) is 1.95. The predicted octanol–water partition coefficient (Wildman–Crippen LogP) is 1.44. The van der Waals surface area contributed by atoms with E-state index < -0.39 is 0 Å². The van der Waals surface area contributed by atoms with Gasteiger partial charge in [-0.3, -0.25) is 0 Å². The smallest absolute Gasteiger partial charge is 0.0713 e. The van der Waals surface area contributed by atoms with Crippen molar-refractivity contribution in [2.75, 3.05) is 20.3 Å². The third kappa shape index (κ3) is 4.91. The SMILES string of the molecule is COCc1ccc(C(CN)NC(C)C(C)CO)cc1. The van der Waals surface area contributed by atoms with Crippen molar-refractivity contribution in [3.8, 4) is 0 Å². The summed E-state index contributed by atoms with van der Waals surface area (Å²) >= 11 is 0. The fourth-order valence-electron chi connectivity index (χ4n) is 1.95. The van der Waals surface area contributed by atoms with Gasteiger partial charge in [0.25, 0.3) is 0 Å². The molecule has 0 heterocycles. The molecule has 0 aliphatic carbocycles. The first kappa shape index (κ1) is 16.1. The van der Waals surface area contributed by atoms with Crippen LogP contribution in [0.25, 0.3) is 0 Å². The van der Waals surface area contributed by atoms with Crippen LogP contribution in [-0.2, 0) is 11.3 Å². The highest BCUT2D eigenvalue weighted by Gasteiger charge is 2.16. The van der Waals surface area contributed by atoms with Crippen LogP contribution < -0.4 is 11.1 Å². The molecule has 0 aromatic heterocycles. The molecule has 4 heteroatoms. The molecule has 0 radical (unpaired) electrons. The quantitative estimate of drug-likeness (QED) is 0.666. The molecule has 0 saturated carbocycles. The minimum atomic E-state index is 0.112. The monoisotopic (exact) mass is 266 g/mol. The third-order valence-corrected chi connectivity index (χ3v) is 3.53. The summed E-state index contributed by atoms with van der Waals surface area (Å²) in [5.41, 5.74) is 8.16. The van der Waals surface area contributed by atoms with E-state index in [1.165, 1.54) is 5.56 Å². The van der Waals surface area contributed by atoms with Crippen molar-refractivity contribution < 1.29 is 9.84 Å². The predicted molar refractivity (Wildman–Crippen MR) is 77.8 cm³/mol. The molecule has 1 rings (SSSR count). The Morgan fingerprint density at radius 3 is 2.37 bits per heavy atom. The Hall–Kier alpha value is -0.940. The normalized spacial score (nSPS) is 16.1. The van der Waals surface area contributed by atoms with E-state index in [0.29, 0.717) is 13.2 Å². The maximum absolute atomic E-state index is 9.17. The molecule has 4 nitrogen and oxygen atoms in total. The van der Waals surface area contributed by atoms with E-state index in [9.17, 15) is 5.11 Å². The van der Waals surface area contributed by atoms with Gasteiger partial charge in [-0.2, -0.15) is 0 Å². The maximum atomic E-state index is 9.17. The molecule has 0 bridgehead atoms. The first-order chi connectivity index (χ1) is 9.12. The molecule has 0 fully saturated rings. The van der Waals surface area contributed by atoms with Gasteiger partial charge in [-0.1, -0.05) is 31.2 Å². The van der Waals surface area contributed by atoms with E-state index >= 15 is 0 Å². The van der Waals surface area contributed by atoms with Gasteiger partial charge < -0.3 is 20.9 Å². The topological polar surface area (TPSA) is 67.5 Å². The van der Waals surface area contributed by atoms with Gasteiger partial charge in [0.1, 0.15) is 0 Å². The Balaban J connectivity index is 2.68. The van der Waals surface area contributed by atoms with E-state index in [1.54, 1.807) is 7.11 Å². The van der Waals surface area contributed by atoms with Gasteiger partial charge in [-0.05, 0) is 24.0 Å². The fraction of sp³-hybridized carbons (Fsp3) is 0.600. The molecule has 3 atom stereocenters. The molecule has 0 aliphatic rings. The average Bonchev–Trinajstić information content (AvgIpc) is 2.45. The third-order valence-electron chi connectivity index (χ3n) is 3.53. The van der Waals surface area contributed by atoms with Gasteiger partial charge in [0.05, 0.1) is 6.61 Å². The van der Waals surface area contributed by atoms with Crippen LogP contribution in [0.1, 0.15) is 31.0 Å². The largest absolute Gasteiger partial charge is 0.396 e. The first-order valence-electron chi connectivity index (χ1n) is 6.77. The number of aliphatic hydroxyl groups excluding tert-OH is 1. The molecule has 0 saturated heterocycles. The Morgan fingerprint density at radius 2 is 1.89 bits per heavy atom. The summed E-state index contributed by atoms with van der Waals surface area (Å²) in [4.78, 5) is 0. The van der Waals surface area contributed by atoms with Gasteiger partial charge in [0, 0.05) is 32.3 Å². The number of nitrogens with two attached hydrogens (primary N) is 1. The number of aliphatic hydroxyl groups is 1. The molecule has 19 heavy (non-hydrogen) atoms. The summed E-state index contributed by atoms with van der Waals surface area (Å²) < 4.78 is 5.10. The van der Waals surface area contributed by atoms with Crippen molar-refractivity contribution in [2.45, 2.75) is 32.5 Å². The molecule has 0 spiro atoms. The first-order valence-corrected chi connectivity index (χ1v) is 6.77. The van der Waals surface area contributed by atoms with Crippen molar-refractivity contribution in [1.82, 2.24) is 5.32 Å². The van der Waals surface area contributed by atoms with Crippen molar-refractivity contribution in [2.24, 2.45) is 11.7 Å². The molecular weight excluding hydrogens is 240 g/mol. The summed E-state index contributed by atoms with van der Waals surface area (Å²) in [5.74, 6) is 0.210. The average molecular weight is 266 g/mol. The second kappa shape index (κ2) is 8.27. The lowest BCUT2D eigenvalue weighted by Crippen LogP contribution is -2.39. The Bertz CT molecular complexity index is 354. The zero-order valence-electron chi connectivity index (χ0n) is 12.1. The highest BCUT2D eigenvalue weighted by Crippen LogP contribution is 2.16. The highest BCUT2D eigenvalue weighted by molar-refractivity contribution is 5.25. The minimum Gasteiger partial charge on any atom is -0.396 e. The number of hydrogen-bond acceptors (Lipinski definition) is 4. The van der Waals surface area contributed by atoms with Gasteiger partial charge in [0.15, 0.2) is 0 Å². The summed E-state index contributed by atoms with van der Waals surface area (Å²) in [6.07, 6.45) is 0. The highest BCUT2D eigenvalue weighted by atomic mass is 16.5. The van der Waals surface area contributed by atoms with E-state index in [2.05, 4.69) is 36.5 Å². The molecule has 0 amide bonds. The second-order valence-corrected chi connectivity index (χ2v) is 5.08. The van der Waals surface area contributed by atoms with E-state index in [1.807, 2.05) is 6.92 Å². The summed E-state index contributed by atoms with van der Waals surface area (Å²) in [7, 11) is 1.69. The molecule has 108 valence electrons. The van der Waals surface area contributed by atoms with Crippen LogP contribution in [0, 0.1) is 5.92 Å². The molecule has 4 N–H and O–H groups in total. The lowest BCUT2D eigenvalue weighted by molar-refractivity contribution is 0.185. The molecule has 0 aliphatic heterocycles. The minimum absolute atomic E-state index is 0.112. The number of methoxy groups -OCH3 is 1. The van der Waals surface area contributed by atoms with Crippen LogP contribution in [0.15, 0.2) is 24.3 Å². The van der Waals surface area contributed by atoms with Crippen LogP contribution in [0.3, 0.4) is 0 Å². The number of rotatable bonds is 8. The molecule has 3 unspecified atom stereocenters. The van der Waals surface area contributed by atoms with Crippen LogP contribution in [0.4, 0.5) is 0 Å². The standard InChI is InChI=1S/C15H26N2O2/c1-11(9-18)12(2)17-15(8-16)14-6-4-13(5-7-14)10-19-3/h4-7,11-12,15,17-18H,8-10,16H2,1-3H3. The van der Waals surface area contributed by atoms with Crippen molar-refractivity contribution in [1.29, 1.82) is 0 Å².